The van der Waals surface area contributed by atoms with E-state index in [2.05, 4.69) is 50.1 Å². The van der Waals surface area contributed by atoms with E-state index in [1.807, 2.05) is 0 Å². The fourth-order valence-electron chi connectivity index (χ4n) is 7.58. The molecule has 4 saturated carbocycles. The first-order valence-electron chi connectivity index (χ1n) is 12.2. The number of rotatable bonds is 6. The molecule has 0 amide bonds. The number of aliphatic hydroxyl groups is 1. The van der Waals surface area contributed by atoms with E-state index in [9.17, 15) is 5.11 Å². The Bertz CT molecular complexity index is 918. The number of aryl methyl sites for hydroxylation is 1. The Balaban J connectivity index is 1.12. The highest BCUT2D eigenvalue weighted by atomic mass is 16.3. The molecule has 7 rings (SSSR count). The van der Waals surface area contributed by atoms with E-state index in [-0.39, 0.29) is 11.5 Å². The number of hydrogen-bond donors (Lipinski definition) is 2. The molecule has 4 aliphatic carbocycles. The molecule has 31 heavy (non-hydrogen) atoms. The largest absolute Gasteiger partial charge is 0.391 e. The van der Waals surface area contributed by atoms with Crippen LogP contribution in [0.4, 0.5) is 5.82 Å². The average molecular weight is 422 g/mol. The first kappa shape index (κ1) is 19.7. The summed E-state index contributed by atoms with van der Waals surface area (Å²) < 4.78 is 2.19. The van der Waals surface area contributed by atoms with Crippen LogP contribution in [0.15, 0.2) is 24.7 Å². The van der Waals surface area contributed by atoms with Crippen molar-refractivity contribution in [3.05, 3.63) is 41.6 Å². The summed E-state index contributed by atoms with van der Waals surface area (Å²) in [6.07, 6.45) is 12.4. The van der Waals surface area contributed by atoms with Gasteiger partial charge in [-0.05, 0) is 80.2 Å². The van der Waals surface area contributed by atoms with Gasteiger partial charge in [0.25, 0.3) is 0 Å². The topological polar surface area (TPSA) is 66.2 Å². The highest BCUT2D eigenvalue weighted by Gasteiger charge is 2.53. The fourth-order valence-corrected chi connectivity index (χ4v) is 7.58. The van der Waals surface area contributed by atoms with E-state index < -0.39 is 0 Å². The average Bonchev–Trinajstić information content (AvgIpc) is 3.15. The van der Waals surface area contributed by atoms with Crippen LogP contribution in [0.5, 0.6) is 0 Å². The highest BCUT2D eigenvalue weighted by Crippen LogP contribution is 2.61. The van der Waals surface area contributed by atoms with E-state index in [0.29, 0.717) is 6.54 Å². The number of anilines is 1. The molecule has 2 aromatic rings. The summed E-state index contributed by atoms with van der Waals surface area (Å²) in [7, 11) is 2.10. The van der Waals surface area contributed by atoms with Crippen molar-refractivity contribution >= 4 is 5.82 Å². The minimum atomic E-state index is -0.274. The van der Waals surface area contributed by atoms with Crippen LogP contribution < -0.4 is 5.32 Å². The summed E-state index contributed by atoms with van der Waals surface area (Å²) >= 11 is 0. The molecule has 5 aliphatic rings. The Labute approximate surface area is 185 Å². The van der Waals surface area contributed by atoms with Crippen LogP contribution >= 0.6 is 0 Å². The van der Waals surface area contributed by atoms with E-state index in [0.717, 1.165) is 55.3 Å². The van der Waals surface area contributed by atoms with Gasteiger partial charge in [0.05, 0.1) is 11.8 Å². The molecule has 166 valence electrons. The summed E-state index contributed by atoms with van der Waals surface area (Å²) in [4.78, 5) is 11.6. The lowest BCUT2D eigenvalue weighted by atomic mass is 9.48. The van der Waals surface area contributed by atoms with Gasteiger partial charge in [0.15, 0.2) is 0 Å². The van der Waals surface area contributed by atoms with Crippen LogP contribution in [-0.2, 0) is 26.6 Å². The number of aromatic nitrogens is 3. The second-order valence-electron chi connectivity index (χ2n) is 10.9. The summed E-state index contributed by atoms with van der Waals surface area (Å²) in [5.74, 6) is 3.53. The monoisotopic (exact) mass is 421 g/mol. The van der Waals surface area contributed by atoms with Crippen molar-refractivity contribution in [3.63, 3.8) is 0 Å². The molecule has 0 radical (unpaired) electrons. The van der Waals surface area contributed by atoms with Crippen molar-refractivity contribution in [2.24, 2.45) is 30.2 Å². The molecule has 1 aliphatic heterocycles. The maximum Gasteiger partial charge on any atom is 0.133 e. The molecule has 0 saturated heterocycles. The number of nitrogens with one attached hydrogen (secondary N) is 1. The molecule has 0 aromatic carbocycles. The molecule has 0 spiro atoms. The Kier molecular flexibility index (Phi) is 4.83. The molecule has 1 atom stereocenters. The Hall–Kier alpha value is -1.92. The van der Waals surface area contributed by atoms with Crippen molar-refractivity contribution in [1.29, 1.82) is 0 Å². The van der Waals surface area contributed by atoms with Gasteiger partial charge in [-0.1, -0.05) is 0 Å². The van der Waals surface area contributed by atoms with Crippen LogP contribution in [0.3, 0.4) is 0 Å². The molecule has 3 heterocycles. The minimum Gasteiger partial charge on any atom is -0.391 e. The molecule has 6 nitrogen and oxygen atoms in total. The van der Waals surface area contributed by atoms with Crippen LogP contribution in [0.1, 0.15) is 55.5 Å². The smallest absolute Gasteiger partial charge is 0.133 e. The Morgan fingerprint density at radius 3 is 2.58 bits per heavy atom. The second kappa shape index (κ2) is 7.59. The summed E-state index contributed by atoms with van der Waals surface area (Å²) in [6, 6.07) is 4.29. The van der Waals surface area contributed by atoms with Crippen LogP contribution in [0.25, 0.3) is 0 Å². The van der Waals surface area contributed by atoms with Crippen molar-refractivity contribution < 1.29 is 5.11 Å². The van der Waals surface area contributed by atoms with E-state index >= 15 is 0 Å². The summed E-state index contributed by atoms with van der Waals surface area (Å²) in [6.45, 7) is 3.43. The zero-order chi connectivity index (χ0) is 21.0. The molecule has 2 aromatic heterocycles. The lowest BCUT2D eigenvalue weighted by Gasteiger charge is -2.58. The zero-order valence-corrected chi connectivity index (χ0v) is 18.6. The van der Waals surface area contributed by atoms with E-state index in [4.69, 9.17) is 0 Å². The number of aliphatic hydroxyl groups excluding tert-OH is 1. The van der Waals surface area contributed by atoms with Gasteiger partial charge in [0.2, 0.25) is 0 Å². The first-order chi connectivity index (χ1) is 15.1. The SMILES string of the molecule is Cn1cccc1CN1CCc2c(ncnc2NCC(O)C23CC4CC(CC(C4)C2)C3)C1. The normalized spacial score (nSPS) is 32.8. The standard InChI is InChI=1S/C25H35N5O/c1-29-5-2-3-20(29)14-30-6-4-21-22(15-30)27-16-28-24(21)26-13-23(31)25-10-17-7-18(11-25)9-19(8-17)12-25/h2-3,5,16-19,23,31H,4,6-15H2,1H3,(H,26,27,28). The van der Waals surface area contributed by atoms with Crippen LogP contribution in [-0.4, -0.2) is 43.7 Å². The predicted octanol–water partition coefficient (Wildman–Crippen LogP) is 3.36. The van der Waals surface area contributed by atoms with Crippen molar-refractivity contribution in [2.75, 3.05) is 18.4 Å². The maximum absolute atomic E-state index is 11.3. The first-order valence-corrected chi connectivity index (χ1v) is 12.2. The van der Waals surface area contributed by atoms with Gasteiger partial charge >= 0.3 is 0 Å². The number of hydrogen-bond acceptors (Lipinski definition) is 5. The van der Waals surface area contributed by atoms with E-state index in [1.54, 1.807) is 6.33 Å². The predicted molar refractivity (Wildman–Crippen MR) is 120 cm³/mol. The quantitative estimate of drug-likeness (QED) is 0.749. The Morgan fingerprint density at radius 1 is 1.16 bits per heavy atom. The second-order valence-corrected chi connectivity index (χ2v) is 10.9. The van der Waals surface area contributed by atoms with Gasteiger partial charge in [-0.2, -0.15) is 0 Å². The van der Waals surface area contributed by atoms with Crippen molar-refractivity contribution in [2.45, 2.75) is 64.1 Å². The van der Waals surface area contributed by atoms with Gasteiger partial charge in [-0.25, -0.2) is 9.97 Å². The van der Waals surface area contributed by atoms with Gasteiger partial charge in [-0.3, -0.25) is 4.90 Å². The third kappa shape index (κ3) is 3.58. The fraction of sp³-hybridized carbons (Fsp3) is 0.680. The van der Waals surface area contributed by atoms with Crippen LogP contribution in [0, 0.1) is 23.2 Å². The number of nitrogens with zero attached hydrogens (tertiary/aromatic N) is 4. The van der Waals surface area contributed by atoms with Gasteiger partial charge < -0.3 is 15.0 Å². The summed E-state index contributed by atoms with van der Waals surface area (Å²) in [5.41, 5.74) is 3.85. The molecule has 6 heteroatoms. The number of fused-ring (bicyclic) bond motifs is 1. The molecular weight excluding hydrogens is 386 g/mol. The highest BCUT2D eigenvalue weighted by molar-refractivity contribution is 5.47. The third-order valence-electron chi connectivity index (χ3n) is 8.78. The minimum absolute atomic E-state index is 0.153. The lowest BCUT2D eigenvalue weighted by Crippen LogP contribution is -2.53. The molecule has 2 N–H and O–H groups in total. The zero-order valence-electron chi connectivity index (χ0n) is 18.6. The van der Waals surface area contributed by atoms with Crippen LogP contribution in [0.2, 0.25) is 0 Å². The lowest BCUT2D eigenvalue weighted by molar-refractivity contribution is -0.115. The van der Waals surface area contributed by atoms with Crippen molar-refractivity contribution in [1.82, 2.24) is 19.4 Å². The Morgan fingerprint density at radius 2 is 1.90 bits per heavy atom. The van der Waals surface area contributed by atoms with Gasteiger partial charge in [0.1, 0.15) is 12.1 Å². The van der Waals surface area contributed by atoms with E-state index in [1.165, 1.54) is 49.8 Å². The van der Waals surface area contributed by atoms with Crippen molar-refractivity contribution in [3.8, 4) is 0 Å². The molecular formula is C25H35N5O. The van der Waals surface area contributed by atoms with Gasteiger partial charge in [0, 0.05) is 50.7 Å². The van der Waals surface area contributed by atoms with Gasteiger partial charge in [-0.15, -0.1) is 0 Å². The molecule has 4 bridgehead atoms. The third-order valence-corrected chi connectivity index (χ3v) is 8.78. The summed E-state index contributed by atoms with van der Waals surface area (Å²) in [5, 5.41) is 14.8. The molecule has 1 unspecified atom stereocenters. The molecule has 4 fully saturated rings. The maximum atomic E-state index is 11.3.